The number of rotatable bonds is 6. The largest absolute Gasteiger partial charge is 0.349 e. The van der Waals surface area contributed by atoms with Gasteiger partial charge in [-0.25, -0.2) is 9.50 Å². The number of aromatic nitrogens is 3. The monoisotopic (exact) mass is 400 g/mol. The second kappa shape index (κ2) is 8.37. The number of benzene rings is 2. The lowest BCUT2D eigenvalue weighted by Gasteiger charge is -2.20. The predicted octanol–water partition coefficient (Wildman–Crippen LogP) is 3.28. The second-order valence-corrected chi connectivity index (χ2v) is 7.47. The van der Waals surface area contributed by atoms with Gasteiger partial charge in [0.25, 0.3) is 5.56 Å². The first-order valence-electron chi connectivity index (χ1n) is 9.97. The molecule has 1 amide bonds. The van der Waals surface area contributed by atoms with Gasteiger partial charge in [0.1, 0.15) is 0 Å². The number of H-pyrrole nitrogens is 1. The van der Waals surface area contributed by atoms with Crippen LogP contribution in [-0.2, 0) is 17.6 Å². The third kappa shape index (κ3) is 4.17. The third-order valence-corrected chi connectivity index (χ3v) is 5.36. The Morgan fingerprint density at radius 3 is 2.43 bits per heavy atom. The van der Waals surface area contributed by atoms with E-state index in [4.69, 9.17) is 0 Å². The summed E-state index contributed by atoms with van der Waals surface area (Å²) in [5, 5.41) is 5.92. The minimum atomic E-state index is -0.210. The molecule has 4 rings (SSSR count). The SMILES string of the molecule is Cc1nc2cc(=O)[nH]n2c(C)c1CC(=O)NC(Cc1ccccc1)c1ccccc1. The van der Waals surface area contributed by atoms with E-state index in [9.17, 15) is 9.59 Å². The molecule has 2 heterocycles. The van der Waals surface area contributed by atoms with Crippen LogP contribution >= 0.6 is 0 Å². The maximum atomic E-state index is 13.0. The molecule has 4 aromatic rings. The predicted molar refractivity (Wildman–Crippen MR) is 116 cm³/mol. The fourth-order valence-electron chi connectivity index (χ4n) is 3.80. The number of aromatic amines is 1. The van der Waals surface area contributed by atoms with E-state index in [1.165, 1.54) is 6.07 Å². The standard InChI is InChI=1S/C24H24N4O2/c1-16-20(17(2)28-22(25-16)15-24(30)27-28)14-23(29)26-21(19-11-7-4-8-12-19)13-18-9-5-3-6-10-18/h3-12,15,21H,13-14H2,1-2H3,(H,26,29)(H,27,30). The Bertz CT molecular complexity index is 1230. The normalized spacial score (nSPS) is 12.1. The van der Waals surface area contributed by atoms with Crippen molar-refractivity contribution in [3.05, 3.63) is 105 Å². The van der Waals surface area contributed by atoms with E-state index in [0.717, 1.165) is 28.1 Å². The number of aryl methyl sites for hydroxylation is 2. The number of nitrogens with zero attached hydrogens (tertiary/aromatic N) is 2. The Morgan fingerprint density at radius 1 is 1.07 bits per heavy atom. The smallest absolute Gasteiger partial charge is 0.266 e. The maximum absolute atomic E-state index is 13.0. The molecular weight excluding hydrogens is 376 g/mol. The number of hydrogen-bond donors (Lipinski definition) is 2. The Labute approximate surface area is 174 Å². The van der Waals surface area contributed by atoms with Crippen molar-refractivity contribution in [2.75, 3.05) is 0 Å². The van der Waals surface area contributed by atoms with Crippen molar-refractivity contribution in [1.82, 2.24) is 19.9 Å². The first-order chi connectivity index (χ1) is 14.5. The molecule has 1 unspecified atom stereocenters. The summed E-state index contributed by atoms with van der Waals surface area (Å²) in [5.41, 5.74) is 4.95. The molecule has 0 saturated heterocycles. The van der Waals surface area contributed by atoms with Crippen molar-refractivity contribution in [2.45, 2.75) is 32.7 Å². The molecule has 0 radical (unpaired) electrons. The van der Waals surface area contributed by atoms with Crippen LogP contribution in [0.5, 0.6) is 0 Å². The zero-order chi connectivity index (χ0) is 21.1. The van der Waals surface area contributed by atoms with Crippen LogP contribution in [0.25, 0.3) is 5.65 Å². The highest BCUT2D eigenvalue weighted by Crippen LogP contribution is 2.20. The summed E-state index contributed by atoms with van der Waals surface area (Å²) in [6, 6.07) is 21.4. The summed E-state index contributed by atoms with van der Waals surface area (Å²) < 4.78 is 1.64. The fourth-order valence-corrected chi connectivity index (χ4v) is 3.80. The van der Waals surface area contributed by atoms with E-state index < -0.39 is 0 Å². The van der Waals surface area contributed by atoms with Crippen LogP contribution in [-0.4, -0.2) is 20.5 Å². The quantitative estimate of drug-likeness (QED) is 0.521. The van der Waals surface area contributed by atoms with Crippen LogP contribution in [0.1, 0.15) is 34.1 Å². The molecule has 152 valence electrons. The Balaban J connectivity index is 1.58. The number of hydrogen-bond acceptors (Lipinski definition) is 3. The van der Waals surface area contributed by atoms with Crippen molar-refractivity contribution in [1.29, 1.82) is 0 Å². The first kappa shape index (κ1) is 19.6. The number of fused-ring (bicyclic) bond motifs is 1. The molecular formula is C24H24N4O2. The van der Waals surface area contributed by atoms with Gasteiger partial charge in [-0.1, -0.05) is 60.7 Å². The summed E-state index contributed by atoms with van der Waals surface area (Å²) in [4.78, 5) is 29.1. The summed E-state index contributed by atoms with van der Waals surface area (Å²) in [6.07, 6.45) is 0.899. The second-order valence-electron chi connectivity index (χ2n) is 7.47. The number of carbonyl (C=O) groups excluding carboxylic acids is 1. The van der Waals surface area contributed by atoms with E-state index in [-0.39, 0.29) is 23.9 Å². The highest BCUT2D eigenvalue weighted by molar-refractivity contribution is 5.79. The molecule has 0 saturated carbocycles. The molecule has 30 heavy (non-hydrogen) atoms. The molecule has 6 nitrogen and oxygen atoms in total. The van der Waals surface area contributed by atoms with Gasteiger partial charge in [-0.2, -0.15) is 0 Å². The highest BCUT2D eigenvalue weighted by atomic mass is 16.1. The van der Waals surface area contributed by atoms with E-state index in [0.29, 0.717) is 12.1 Å². The van der Waals surface area contributed by atoms with Gasteiger partial charge < -0.3 is 5.32 Å². The van der Waals surface area contributed by atoms with Crippen LogP contribution in [0.2, 0.25) is 0 Å². The Hall–Kier alpha value is -3.67. The van der Waals surface area contributed by atoms with Gasteiger partial charge in [0.15, 0.2) is 5.65 Å². The van der Waals surface area contributed by atoms with Crippen molar-refractivity contribution in [3.8, 4) is 0 Å². The number of nitrogens with one attached hydrogen (secondary N) is 2. The molecule has 0 bridgehead atoms. The summed E-state index contributed by atoms with van der Waals surface area (Å²) in [5.74, 6) is -0.0818. The van der Waals surface area contributed by atoms with Gasteiger partial charge in [0.2, 0.25) is 5.91 Å². The average molecular weight is 400 g/mol. The van der Waals surface area contributed by atoms with Crippen LogP contribution in [0.4, 0.5) is 0 Å². The van der Waals surface area contributed by atoms with E-state index in [1.54, 1.807) is 4.52 Å². The van der Waals surface area contributed by atoms with E-state index in [2.05, 4.69) is 27.5 Å². The summed E-state index contributed by atoms with van der Waals surface area (Å²) in [6.45, 7) is 3.75. The molecule has 0 aliphatic heterocycles. The summed E-state index contributed by atoms with van der Waals surface area (Å²) >= 11 is 0. The van der Waals surface area contributed by atoms with Gasteiger partial charge >= 0.3 is 0 Å². The van der Waals surface area contributed by atoms with Crippen LogP contribution in [0.15, 0.2) is 71.5 Å². The minimum Gasteiger partial charge on any atom is -0.349 e. The van der Waals surface area contributed by atoms with Crippen LogP contribution < -0.4 is 10.9 Å². The molecule has 2 aromatic heterocycles. The zero-order valence-electron chi connectivity index (χ0n) is 17.1. The van der Waals surface area contributed by atoms with Gasteiger partial charge in [0, 0.05) is 23.0 Å². The molecule has 0 aliphatic rings. The number of amides is 1. The van der Waals surface area contributed by atoms with Crippen molar-refractivity contribution in [2.24, 2.45) is 0 Å². The molecule has 0 aliphatic carbocycles. The molecule has 1 atom stereocenters. The highest BCUT2D eigenvalue weighted by Gasteiger charge is 2.18. The molecule has 2 aromatic carbocycles. The lowest BCUT2D eigenvalue weighted by Crippen LogP contribution is -2.31. The van der Waals surface area contributed by atoms with Crippen LogP contribution in [0.3, 0.4) is 0 Å². The topological polar surface area (TPSA) is 79.3 Å². The van der Waals surface area contributed by atoms with Crippen molar-refractivity contribution in [3.63, 3.8) is 0 Å². The Kier molecular flexibility index (Phi) is 5.48. The van der Waals surface area contributed by atoms with E-state index in [1.807, 2.05) is 62.4 Å². The number of carbonyl (C=O) groups is 1. The van der Waals surface area contributed by atoms with Gasteiger partial charge in [-0.05, 0) is 31.4 Å². The van der Waals surface area contributed by atoms with Gasteiger partial charge in [0.05, 0.1) is 12.5 Å². The third-order valence-electron chi connectivity index (χ3n) is 5.36. The molecule has 6 heteroatoms. The molecule has 0 fully saturated rings. The fraction of sp³-hybridized carbons (Fsp3) is 0.208. The van der Waals surface area contributed by atoms with Crippen LogP contribution in [0, 0.1) is 13.8 Å². The summed E-state index contributed by atoms with van der Waals surface area (Å²) in [7, 11) is 0. The van der Waals surface area contributed by atoms with Crippen molar-refractivity contribution >= 4 is 11.6 Å². The maximum Gasteiger partial charge on any atom is 0.266 e. The minimum absolute atomic E-state index is 0.0818. The Morgan fingerprint density at radius 2 is 1.73 bits per heavy atom. The lowest BCUT2D eigenvalue weighted by molar-refractivity contribution is -0.121. The molecule has 0 spiro atoms. The first-order valence-corrected chi connectivity index (χ1v) is 9.97. The average Bonchev–Trinajstić information content (AvgIpc) is 3.12. The van der Waals surface area contributed by atoms with Gasteiger partial charge in [-0.15, -0.1) is 0 Å². The molecule has 2 N–H and O–H groups in total. The van der Waals surface area contributed by atoms with Gasteiger partial charge in [-0.3, -0.25) is 14.7 Å². The van der Waals surface area contributed by atoms with E-state index >= 15 is 0 Å². The lowest BCUT2D eigenvalue weighted by atomic mass is 9.98. The van der Waals surface area contributed by atoms with Crippen molar-refractivity contribution < 1.29 is 4.79 Å². The zero-order valence-corrected chi connectivity index (χ0v) is 17.1.